The minimum absolute atomic E-state index is 0.0817. The van der Waals surface area contributed by atoms with Gasteiger partial charge in [-0.05, 0) is 45.8 Å². The summed E-state index contributed by atoms with van der Waals surface area (Å²) in [6.45, 7) is 6.57. The van der Waals surface area contributed by atoms with Crippen LogP contribution in [0.15, 0.2) is 42.5 Å². The first-order chi connectivity index (χ1) is 12.0. The van der Waals surface area contributed by atoms with Crippen molar-refractivity contribution in [3.05, 3.63) is 48.0 Å². The predicted octanol–water partition coefficient (Wildman–Crippen LogP) is 3.88. The summed E-state index contributed by atoms with van der Waals surface area (Å²) in [6.07, 6.45) is 0.0109. The standard InChI is InChI=1S/C19H25F2NO4/c1-5-25-16(23)11-12-19(20,21)15(13-14-9-7-6-8-10-14)22-17(24)26-18(2,3)4/h6-12,15H,5,13H2,1-4H3,(H,22,24)/b12-11+/t15-/m1/s1. The van der Waals surface area contributed by atoms with Crippen molar-refractivity contribution in [3.8, 4) is 0 Å². The molecule has 5 nitrogen and oxygen atoms in total. The van der Waals surface area contributed by atoms with Crippen LogP contribution in [-0.2, 0) is 20.7 Å². The first-order valence-corrected chi connectivity index (χ1v) is 8.30. The molecule has 7 heteroatoms. The summed E-state index contributed by atoms with van der Waals surface area (Å²) in [7, 11) is 0. The predicted molar refractivity (Wildman–Crippen MR) is 94.0 cm³/mol. The highest BCUT2D eigenvalue weighted by Gasteiger charge is 2.39. The highest BCUT2D eigenvalue weighted by Crippen LogP contribution is 2.24. The third-order valence-electron chi connectivity index (χ3n) is 3.17. The van der Waals surface area contributed by atoms with Crippen LogP contribution in [0.25, 0.3) is 0 Å². The summed E-state index contributed by atoms with van der Waals surface area (Å²) in [5, 5.41) is 2.20. The summed E-state index contributed by atoms with van der Waals surface area (Å²) >= 11 is 0. The zero-order valence-corrected chi connectivity index (χ0v) is 15.4. The molecule has 1 aromatic rings. The van der Waals surface area contributed by atoms with E-state index in [1.807, 2.05) is 0 Å². The first kappa shape index (κ1) is 21.6. The number of hydrogen-bond acceptors (Lipinski definition) is 4. The monoisotopic (exact) mass is 369 g/mol. The lowest BCUT2D eigenvalue weighted by molar-refractivity contribution is -0.137. The molecule has 0 radical (unpaired) electrons. The number of hydrogen-bond donors (Lipinski definition) is 1. The van der Waals surface area contributed by atoms with Gasteiger partial charge < -0.3 is 14.8 Å². The molecule has 0 saturated heterocycles. The third-order valence-corrected chi connectivity index (χ3v) is 3.17. The van der Waals surface area contributed by atoms with Crippen molar-refractivity contribution in [1.29, 1.82) is 0 Å². The van der Waals surface area contributed by atoms with E-state index in [-0.39, 0.29) is 13.0 Å². The fraction of sp³-hybridized carbons (Fsp3) is 0.474. The Morgan fingerprint density at radius 2 is 1.81 bits per heavy atom. The fourth-order valence-corrected chi connectivity index (χ4v) is 2.07. The number of nitrogens with one attached hydrogen (secondary N) is 1. The molecule has 0 bridgehead atoms. The number of ether oxygens (including phenoxy) is 2. The van der Waals surface area contributed by atoms with Crippen LogP contribution in [0.5, 0.6) is 0 Å². The second-order valence-electron chi connectivity index (χ2n) is 6.65. The van der Waals surface area contributed by atoms with E-state index in [0.29, 0.717) is 17.7 Å². The van der Waals surface area contributed by atoms with Gasteiger partial charge in [-0.15, -0.1) is 0 Å². The van der Waals surface area contributed by atoms with Gasteiger partial charge in [0.25, 0.3) is 5.92 Å². The van der Waals surface area contributed by atoms with E-state index in [1.165, 1.54) is 0 Å². The van der Waals surface area contributed by atoms with Crippen LogP contribution in [0, 0.1) is 0 Å². The summed E-state index contributed by atoms with van der Waals surface area (Å²) in [5.74, 6) is -4.36. The molecular formula is C19H25F2NO4. The number of rotatable bonds is 7. The van der Waals surface area contributed by atoms with Gasteiger partial charge in [0.1, 0.15) is 11.6 Å². The Balaban J connectivity index is 2.97. The normalized spacial score (nSPS) is 13.3. The smallest absolute Gasteiger partial charge is 0.408 e. The van der Waals surface area contributed by atoms with Crippen LogP contribution in [0.4, 0.5) is 13.6 Å². The van der Waals surface area contributed by atoms with Crippen molar-refractivity contribution in [1.82, 2.24) is 5.32 Å². The molecule has 0 heterocycles. The van der Waals surface area contributed by atoms with Gasteiger partial charge in [0.05, 0.1) is 6.61 Å². The van der Waals surface area contributed by atoms with Gasteiger partial charge >= 0.3 is 12.1 Å². The highest BCUT2D eigenvalue weighted by atomic mass is 19.3. The van der Waals surface area contributed by atoms with E-state index in [2.05, 4.69) is 10.1 Å². The average molecular weight is 369 g/mol. The number of carbonyl (C=O) groups excluding carboxylic acids is 2. The van der Waals surface area contributed by atoms with Crippen LogP contribution in [-0.4, -0.2) is 36.2 Å². The van der Waals surface area contributed by atoms with E-state index in [4.69, 9.17) is 4.74 Å². The summed E-state index contributed by atoms with van der Waals surface area (Å²) < 4.78 is 38.9. The summed E-state index contributed by atoms with van der Waals surface area (Å²) in [6, 6.07) is 6.95. The number of alkyl carbamates (subject to hydrolysis) is 1. The Hall–Kier alpha value is -2.44. The lowest BCUT2D eigenvalue weighted by Crippen LogP contribution is -2.49. The minimum atomic E-state index is -3.49. The van der Waals surface area contributed by atoms with Crippen molar-refractivity contribution in [2.24, 2.45) is 0 Å². The number of esters is 1. The zero-order chi connectivity index (χ0) is 19.8. The molecule has 0 spiro atoms. The van der Waals surface area contributed by atoms with E-state index < -0.39 is 29.6 Å². The van der Waals surface area contributed by atoms with Gasteiger partial charge in [-0.3, -0.25) is 0 Å². The highest BCUT2D eigenvalue weighted by molar-refractivity contribution is 5.82. The fourth-order valence-electron chi connectivity index (χ4n) is 2.07. The second kappa shape index (κ2) is 9.31. The maximum absolute atomic E-state index is 14.6. The lowest BCUT2D eigenvalue weighted by atomic mass is 10.00. The molecule has 0 aromatic heterocycles. The number of carbonyl (C=O) groups is 2. The van der Waals surface area contributed by atoms with E-state index in [1.54, 1.807) is 58.0 Å². The zero-order valence-electron chi connectivity index (χ0n) is 15.4. The molecular weight excluding hydrogens is 344 g/mol. The average Bonchev–Trinajstić information content (AvgIpc) is 2.52. The van der Waals surface area contributed by atoms with E-state index in [9.17, 15) is 18.4 Å². The van der Waals surface area contributed by atoms with E-state index >= 15 is 0 Å². The Kier molecular flexibility index (Phi) is 7.74. The molecule has 1 amide bonds. The van der Waals surface area contributed by atoms with Gasteiger partial charge in [0.2, 0.25) is 0 Å². The van der Waals surface area contributed by atoms with Gasteiger partial charge in [-0.25, -0.2) is 9.59 Å². The van der Waals surface area contributed by atoms with E-state index in [0.717, 1.165) is 0 Å². The van der Waals surface area contributed by atoms with Crippen LogP contribution in [0.2, 0.25) is 0 Å². The first-order valence-electron chi connectivity index (χ1n) is 8.30. The van der Waals surface area contributed by atoms with Crippen molar-refractivity contribution in [3.63, 3.8) is 0 Å². The Morgan fingerprint density at radius 3 is 2.35 bits per heavy atom. The number of halogens is 2. The third kappa shape index (κ3) is 8.09. The van der Waals surface area contributed by atoms with Gasteiger partial charge in [-0.1, -0.05) is 30.3 Å². The van der Waals surface area contributed by atoms with Crippen molar-refractivity contribution in [2.45, 2.75) is 51.7 Å². The molecule has 144 valence electrons. The molecule has 1 aromatic carbocycles. The molecule has 0 fully saturated rings. The number of amides is 1. The molecule has 26 heavy (non-hydrogen) atoms. The summed E-state index contributed by atoms with van der Waals surface area (Å²) in [4.78, 5) is 23.3. The van der Waals surface area contributed by atoms with Gasteiger partial charge in [-0.2, -0.15) is 8.78 Å². The van der Waals surface area contributed by atoms with Crippen molar-refractivity contribution in [2.75, 3.05) is 6.61 Å². The Bertz CT molecular complexity index is 624. The van der Waals surface area contributed by atoms with Gasteiger partial charge in [0, 0.05) is 6.08 Å². The number of alkyl halides is 2. The van der Waals surface area contributed by atoms with Gasteiger partial charge in [0.15, 0.2) is 0 Å². The molecule has 1 atom stereocenters. The van der Waals surface area contributed by atoms with Crippen LogP contribution in [0.3, 0.4) is 0 Å². The molecule has 0 saturated carbocycles. The maximum Gasteiger partial charge on any atom is 0.408 e. The van der Waals surface area contributed by atoms with Crippen LogP contribution < -0.4 is 5.32 Å². The Labute approximate surface area is 152 Å². The van der Waals surface area contributed by atoms with Crippen LogP contribution >= 0.6 is 0 Å². The lowest BCUT2D eigenvalue weighted by Gasteiger charge is -2.27. The number of benzene rings is 1. The molecule has 1 N–H and O–H groups in total. The molecule has 1 rings (SSSR count). The minimum Gasteiger partial charge on any atom is -0.463 e. The Morgan fingerprint density at radius 1 is 1.19 bits per heavy atom. The second-order valence-corrected chi connectivity index (χ2v) is 6.65. The topological polar surface area (TPSA) is 64.6 Å². The van der Waals surface area contributed by atoms with Crippen molar-refractivity contribution < 1.29 is 27.8 Å². The molecule has 0 aliphatic carbocycles. The molecule has 0 aliphatic rings. The molecule has 0 unspecified atom stereocenters. The van der Waals surface area contributed by atoms with Crippen molar-refractivity contribution >= 4 is 12.1 Å². The SMILES string of the molecule is CCOC(=O)/C=C/C(F)(F)[C@@H](Cc1ccccc1)NC(=O)OC(C)(C)C. The maximum atomic E-state index is 14.6. The summed E-state index contributed by atoms with van der Waals surface area (Å²) in [5.41, 5.74) is -0.213. The van der Waals surface area contributed by atoms with Crippen LogP contribution in [0.1, 0.15) is 33.3 Å². The molecule has 0 aliphatic heterocycles. The largest absolute Gasteiger partial charge is 0.463 e. The quantitative estimate of drug-likeness (QED) is 0.585.